The molecule has 0 aromatic heterocycles. The van der Waals surface area contributed by atoms with Crippen molar-refractivity contribution in [3.8, 4) is 0 Å². The number of carbonyl (C=O) groups excluding carboxylic acids is 3. The number of piperidine rings is 1. The number of nitrogens with zero attached hydrogens (tertiary/aromatic N) is 3. The highest BCUT2D eigenvalue weighted by Crippen LogP contribution is 2.31. The van der Waals surface area contributed by atoms with E-state index < -0.39 is 6.04 Å². The van der Waals surface area contributed by atoms with Crippen LogP contribution >= 0.6 is 0 Å². The van der Waals surface area contributed by atoms with Crippen molar-refractivity contribution in [2.45, 2.75) is 57.0 Å². The summed E-state index contributed by atoms with van der Waals surface area (Å²) in [5.41, 5.74) is 0. The zero-order valence-corrected chi connectivity index (χ0v) is 14.8. The first-order valence-electron chi connectivity index (χ1n) is 9.80. The molecule has 0 aromatic rings. The van der Waals surface area contributed by atoms with Crippen molar-refractivity contribution in [3.05, 3.63) is 0 Å². The predicted molar refractivity (Wildman–Crippen MR) is 91.8 cm³/mol. The lowest BCUT2D eigenvalue weighted by atomic mass is 9.94. The van der Waals surface area contributed by atoms with Crippen LogP contribution in [-0.2, 0) is 9.59 Å². The van der Waals surface area contributed by atoms with Gasteiger partial charge >= 0.3 is 6.03 Å². The van der Waals surface area contributed by atoms with E-state index in [1.54, 1.807) is 4.90 Å². The highest BCUT2D eigenvalue weighted by atomic mass is 16.2. The lowest BCUT2D eigenvalue weighted by Crippen LogP contribution is -2.56. The summed E-state index contributed by atoms with van der Waals surface area (Å²) < 4.78 is 0. The van der Waals surface area contributed by atoms with Gasteiger partial charge in [-0.3, -0.25) is 14.5 Å². The van der Waals surface area contributed by atoms with Crippen molar-refractivity contribution < 1.29 is 14.4 Å². The summed E-state index contributed by atoms with van der Waals surface area (Å²) in [7, 11) is 0. The van der Waals surface area contributed by atoms with Crippen LogP contribution in [0, 0.1) is 5.92 Å². The van der Waals surface area contributed by atoms with Crippen molar-refractivity contribution in [1.29, 1.82) is 0 Å². The van der Waals surface area contributed by atoms with Crippen LogP contribution in [0.5, 0.6) is 0 Å². The minimum absolute atomic E-state index is 0.0629. The highest BCUT2D eigenvalue weighted by molar-refractivity contribution is 6.05. The van der Waals surface area contributed by atoms with E-state index in [0.717, 1.165) is 51.6 Å². The normalized spacial score (nSPS) is 29.3. The van der Waals surface area contributed by atoms with Crippen LogP contribution < -0.4 is 5.32 Å². The summed E-state index contributed by atoms with van der Waals surface area (Å²) in [6.07, 6.45) is 6.96. The minimum Gasteiger partial charge on any atom is -0.338 e. The summed E-state index contributed by atoms with van der Waals surface area (Å²) in [5.74, 6) is 0.145. The van der Waals surface area contributed by atoms with Crippen molar-refractivity contribution >= 4 is 17.8 Å². The molecule has 1 atom stereocenters. The Morgan fingerprint density at radius 2 is 1.68 bits per heavy atom. The van der Waals surface area contributed by atoms with E-state index in [-0.39, 0.29) is 29.8 Å². The molecular formula is C18H28N4O3. The number of amides is 4. The molecule has 7 heteroatoms. The molecule has 4 aliphatic rings. The molecule has 3 heterocycles. The lowest BCUT2D eigenvalue weighted by molar-refractivity contribution is -0.140. The number of imide groups is 1. The van der Waals surface area contributed by atoms with E-state index in [0.29, 0.717) is 19.6 Å². The van der Waals surface area contributed by atoms with Gasteiger partial charge in [0.2, 0.25) is 5.91 Å². The van der Waals surface area contributed by atoms with E-state index in [1.165, 1.54) is 11.3 Å². The molecule has 0 radical (unpaired) electrons. The van der Waals surface area contributed by atoms with Crippen LogP contribution in [0.25, 0.3) is 0 Å². The number of urea groups is 1. The van der Waals surface area contributed by atoms with Crippen LogP contribution in [0.3, 0.4) is 0 Å². The number of piperazine rings is 1. The van der Waals surface area contributed by atoms with Gasteiger partial charge in [-0.15, -0.1) is 0 Å². The third-order valence-electron chi connectivity index (χ3n) is 6.29. The largest absolute Gasteiger partial charge is 0.338 e. The van der Waals surface area contributed by atoms with E-state index in [9.17, 15) is 14.4 Å². The van der Waals surface area contributed by atoms with Crippen LogP contribution in [0.4, 0.5) is 4.79 Å². The van der Waals surface area contributed by atoms with Gasteiger partial charge < -0.3 is 15.1 Å². The average molecular weight is 348 g/mol. The molecule has 0 bridgehead atoms. The zero-order valence-electron chi connectivity index (χ0n) is 14.8. The number of hydrogen-bond donors (Lipinski definition) is 1. The van der Waals surface area contributed by atoms with Gasteiger partial charge in [0.1, 0.15) is 6.04 Å². The first kappa shape index (κ1) is 16.8. The van der Waals surface area contributed by atoms with Crippen molar-refractivity contribution in [2.24, 2.45) is 5.92 Å². The van der Waals surface area contributed by atoms with Crippen LogP contribution in [-0.4, -0.2) is 77.4 Å². The molecule has 4 fully saturated rings. The molecule has 1 unspecified atom stereocenters. The molecule has 3 saturated heterocycles. The maximum absolute atomic E-state index is 12.9. The summed E-state index contributed by atoms with van der Waals surface area (Å²) in [5, 5.41) is 3.28. The van der Waals surface area contributed by atoms with E-state index in [1.807, 2.05) is 4.90 Å². The molecule has 3 aliphatic heterocycles. The monoisotopic (exact) mass is 348 g/mol. The Morgan fingerprint density at radius 3 is 2.40 bits per heavy atom. The van der Waals surface area contributed by atoms with Crippen molar-refractivity contribution in [1.82, 2.24) is 20.0 Å². The first-order chi connectivity index (χ1) is 12.2. The van der Waals surface area contributed by atoms with Gasteiger partial charge in [-0.25, -0.2) is 4.79 Å². The second-order valence-corrected chi connectivity index (χ2v) is 7.80. The van der Waals surface area contributed by atoms with Crippen molar-refractivity contribution in [3.63, 3.8) is 0 Å². The van der Waals surface area contributed by atoms with Crippen LogP contribution in [0.15, 0.2) is 0 Å². The van der Waals surface area contributed by atoms with Crippen LogP contribution in [0.2, 0.25) is 0 Å². The molecule has 1 saturated carbocycles. The quantitative estimate of drug-likeness (QED) is 0.749. The molecule has 0 spiro atoms. The van der Waals surface area contributed by atoms with Gasteiger partial charge in [0, 0.05) is 25.0 Å². The zero-order chi connectivity index (χ0) is 17.4. The molecule has 4 amide bonds. The maximum atomic E-state index is 12.9. The first-order valence-corrected chi connectivity index (χ1v) is 9.80. The summed E-state index contributed by atoms with van der Waals surface area (Å²) in [6.45, 7) is 3.17. The summed E-state index contributed by atoms with van der Waals surface area (Å²) in [4.78, 5) is 43.5. The second-order valence-electron chi connectivity index (χ2n) is 7.80. The second kappa shape index (κ2) is 6.94. The number of fused-ring (bicyclic) bond motifs is 1. The molecule has 7 nitrogen and oxygen atoms in total. The van der Waals surface area contributed by atoms with Gasteiger partial charge in [-0.2, -0.15) is 0 Å². The fourth-order valence-corrected chi connectivity index (χ4v) is 4.82. The maximum Gasteiger partial charge on any atom is 0.327 e. The Hall–Kier alpha value is -1.63. The van der Waals surface area contributed by atoms with Gasteiger partial charge in [0.25, 0.3) is 5.91 Å². The third-order valence-corrected chi connectivity index (χ3v) is 6.29. The number of nitrogens with one attached hydrogen (secondary N) is 1. The Morgan fingerprint density at radius 1 is 0.960 bits per heavy atom. The van der Waals surface area contributed by atoms with Crippen LogP contribution in [0.1, 0.15) is 44.9 Å². The van der Waals surface area contributed by atoms with E-state index in [4.69, 9.17) is 0 Å². The summed E-state index contributed by atoms with van der Waals surface area (Å²) in [6, 6.07) is -0.530. The molecule has 1 N–H and O–H groups in total. The Balaban J connectivity index is 1.44. The van der Waals surface area contributed by atoms with E-state index in [2.05, 4.69) is 5.32 Å². The number of hydrogen-bond acceptors (Lipinski definition) is 4. The average Bonchev–Trinajstić information content (AvgIpc) is 2.92. The highest BCUT2D eigenvalue weighted by Gasteiger charge is 2.50. The molecule has 0 aromatic carbocycles. The smallest absolute Gasteiger partial charge is 0.327 e. The van der Waals surface area contributed by atoms with Gasteiger partial charge in [-0.1, -0.05) is 19.3 Å². The Bertz CT molecular complexity index is 555. The fraction of sp³-hybridized carbons (Fsp3) is 0.833. The Kier molecular flexibility index (Phi) is 4.67. The molecule has 25 heavy (non-hydrogen) atoms. The predicted octanol–water partition coefficient (Wildman–Crippen LogP) is 0.794. The molecule has 1 aliphatic carbocycles. The number of carbonyl (C=O) groups is 3. The molecular weight excluding hydrogens is 320 g/mol. The SMILES string of the molecule is O=C(C1CCNCC1)N1CCN2C(=O)N(C3CCCCC3)C(=O)C2C1. The topological polar surface area (TPSA) is 73.0 Å². The van der Waals surface area contributed by atoms with Gasteiger partial charge in [0.15, 0.2) is 0 Å². The third kappa shape index (κ3) is 3.03. The van der Waals surface area contributed by atoms with Gasteiger partial charge in [0.05, 0.1) is 6.54 Å². The van der Waals surface area contributed by atoms with Crippen molar-refractivity contribution in [2.75, 3.05) is 32.7 Å². The van der Waals surface area contributed by atoms with E-state index >= 15 is 0 Å². The molecule has 138 valence electrons. The molecule has 4 rings (SSSR count). The lowest BCUT2D eigenvalue weighted by Gasteiger charge is -2.37. The minimum atomic E-state index is -0.464. The summed E-state index contributed by atoms with van der Waals surface area (Å²) >= 11 is 0. The van der Waals surface area contributed by atoms with Gasteiger partial charge in [-0.05, 0) is 38.8 Å². The standard InChI is InChI=1S/C18H28N4O3/c23-16(13-6-8-19-9-7-13)20-10-11-21-15(12-20)17(24)22(18(21)25)14-4-2-1-3-5-14/h13-15,19H,1-12H2. The Labute approximate surface area is 148 Å². The fourth-order valence-electron chi connectivity index (χ4n) is 4.82. The number of rotatable bonds is 2.